The largest absolute Gasteiger partial charge is 0.322 e. The molecule has 1 N–H and O–H groups in total. The highest BCUT2D eigenvalue weighted by Gasteiger charge is 2.17. The van der Waals surface area contributed by atoms with Gasteiger partial charge < -0.3 is 5.32 Å². The maximum Gasteiger partial charge on any atom is 0.255 e. The minimum absolute atomic E-state index is 0.135. The average Bonchev–Trinajstić information content (AvgIpc) is 3.16. The summed E-state index contributed by atoms with van der Waals surface area (Å²) in [6.07, 6.45) is 3.05. The van der Waals surface area contributed by atoms with E-state index in [0.29, 0.717) is 17.8 Å². The second-order valence-electron chi connectivity index (χ2n) is 6.02. The number of amides is 1. The first-order valence-corrected chi connectivity index (χ1v) is 9.56. The third kappa shape index (κ3) is 4.21. The van der Waals surface area contributed by atoms with Crippen molar-refractivity contribution in [2.45, 2.75) is 11.4 Å². The van der Waals surface area contributed by atoms with Gasteiger partial charge in [0.2, 0.25) is 10.0 Å². The number of carbonyl (C=O) groups excluding carboxylic acids is 1. The van der Waals surface area contributed by atoms with E-state index in [9.17, 15) is 13.2 Å². The van der Waals surface area contributed by atoms with Gasteiger partial charge in [-0.3, -0.25) is 4.79 Å². The summed E-state index contributed by atoms with van der Waals surface area (Å²) in [6.45, 7) is 0.469. The molecule has 0 aliphatic heterocycles. The Bertz CT molecular complexity index is 1030. The normalized spacial score (nSPS) is 11.5. The van der Waals surface area contributed by atoms with Gasteiger partial charge in [-0.1, -0.05) is 18.2 Å². The molecule has 0 spiro atoms. The molecule has 0 saturated carbocycles. The molecule has 0 unspecified atom stereocenters. The maximum atomic E-state index is 12.6. The van der Waals surface area contributed by atoms with Crippen molar-refractivity contribution < 1.29 is 13.2 Å². The lowest BCUT2D eigenvalue weighted by molar-refractivity contribution is 0.102. The quantitative estimate of drug-likeness (QED) is 0.698. The Kier molecular flexibility index (Phi) is 5.33. The van der Waals surface area contributed by atoms with Crippen molar-refractivity contribution in [3.05, 3.63) is 72.3 Å². The summed E-state index contributed by atoms with van der Waals surface area (Å²) in [5.41, 5.74) is 1.90. The van der Waals surface area contributed by atoms with Gasteiger partial charge in [0.25, 0.3) is 5.91 Å². The van der Waals surface area contributed by atoms with Crippen LogP contribution in [-0.2, 0) is 16.6 Å². The molecule has 0 atom stereocenters. The molecule has 140 valence electrons. The number of nitrogens with one attached hydrogen (secondary N) is 1. The highest BCUT2D eigenvalue weighted by atomic mass is 32.2. The molecule has 0 aliphatic carbocycles. The molecular weight excluding hydrogens is 366 g/mol. The van der Waals surface area contributed by atoms with Gasteiger partial charge in [-0.25, -0.2) is 22.4 Å². The highest BCUT2D eigenvalue weighted by molar-refractivity contribution is 7.89. The van der Waals surface area contributed by atoms with Crippen molar-refractivity contribution in [3.8, 4) is 0 Å². The molecular formula is C18H19N5O3S. The summed E-state index contributed by atoms with van der Waals surface area (Å²) >= 11 is 0. The van der Waals surface area contributed by atoms with E-state index in [0.717, 1.165) is 9.87 Å². The SMILES string of the molecule is CN(C)S(=O)(=O)c1ccc(C(=O)Nc2ccccc2Cn2cncn2)cc1. The van der Waals surface area contributed by atoms with Gasteiger partial charge >= 0.3 is 0 Å². The monoisotopic (exact) mass is 385 g/mol. The van der Waals surface area contributed by atoms with Gasteiger partial charge in [0.1, 0.15) is 12.7 Å². The topological polar surface area (TPSA) is 97.2 Å². The number of nitrogens with zero attached hydrogens (tertiary/aromatic N) is 4. The van der Waals surface area contributed by atoms with E-state index >= 15 is 0 Å². The number of carbonyl (C=O) groups is 1. The van der Waals surface area contributed by atoms with Crippen LogP contribution in [0.1, 0.15) is 15.9 Å². The Hall–Kier alpha value is -3.04. The van der Waals surface area contributed by atoms with E-state index in [2.05, 4.69) is 15.4 Å². The third-order valence-corrected chi connectivity index (χ3v) is 5.79. The number of anilines is 1. The number of hydrogen-bond acceptors (Lipinski definition) is 5. The Labute approximate surface area is 157 Å². The summed E-state index contributed by atoms with van der Waals surface area (Å²) in [4.78, 5) is 16.6. The fraction of sp³-hybridized carbons (Fsp3) is 0.167. The number of aromatic nitrogens is 3. The molecule has 0 fully saturated rings. The number of hydrogen-bond donors (Lipinski definition) is 1. The van der Waals surface area contributed by atoms with Crippen LogP contribution in [-0.4, -0.2) is 47.5 Å². The number of benzene rings is 2. The standard InChI is InChI=1S/C18H19N5O3S/c1-22(2)27(25,26)16-9-7-14(8-10-16)18(24)21-17-6-4-3-5-15(17)11-23-13-19-12-20-23/h3-10,12-13H,11H2,1-2H3,(H,21,24). The molecule has 3 rings (SSSR count). The van der Waals surface area contributed by atoms with Crippen LogP contribution in [0.25, 0.3) is 0 Å². The molecule has 2 aromatic carbocycles. The van der Waals surface area contributed by atoms with E-state index in [1.165, 1.54) is 44.7 Å². The van der Waals surface area contributed by atoms with Crippen LogP contribution in [0.4, 0.5) is 5.69 Å². The van der Waals surface area contributed by atoms with Gasteiger partial charge in [-0.15, -0.1) is 0 Å². The lowest BCUT2D eigenvalue weighted by atomic mass is 10.1. The lowest BCUT2D eigenvalue weighted by Crippen LogP contribution is -2.22. The minimum atomic E-state index is -3.53. The smallest absolute Gasteiger partial charge is 0.255 e. The first-order valence-electron chi connectivity index (χ1n) is 8.12. The van der Waals surface area contributed by atoms with Gasteiger partial charge in [-0.2, -0.15) is 5.10 Å². The molecule has 3 aromatic rings. The summed E-state index contributed by atoms with van der Waals surface area (Å²) in [5.74, 6) is -0.324. The van der Waals surface area contributed by atoms with Crippen LogP contribution in [0.2, 0.25) is 0 Å². The first kappa shape index (κ1) is 18.7. The molecule has 0 bridgehead atoms. The molecule has 1 aromatic heterocycles. The van der Waals surface area contributed by atoms with Gasteiger partial charge in [-0.05, 0) is 35.9 Å². The van der Waals surface area contributed by atoms with Crippen molar-refractivity contribution in [1.82, 2.24) is 19.1 Å². The van der Waals surface area contributed by atoms with Gasteiger partial charge in [0.05, 0.1) is 11.4 Å². The van der Waals surface area contributed by atoms with Crippen molar-refractivity contribution in [2.24, 2.45) is 0 Å². The minimum Gasteiger partial charge on any atom is -0.322 e. The van der Waals surface area contributed by atoms with E-state index in [1.54, 1.807) is 17.1 Å². The van der Waals surface area contributed by atoms with Gasteiger partial charge in [0, 0.05) is 25.3 Å². The van der Waals surface area contributed by atoms with E-state index in [1.807, 2.05) is 18.2 Å². The fourth-order valence-electron chi connectivity index (χ4n) is 2.45. The predicted molar refractivity (Wildman–Crippen MR) is 101 cm³/mol. The summed E-state index contributed by atoms with van der Waals surface area (Å²) in [5, 5.41) is 6.93. The second-order valence-corrected chi connectivity index (χ2v) is 8.17. The molecule has 1 amide bonds. The number of para-hydroxylation sites is 1. The second kappa shape index (κ2) is 7.68. The molecule has 8 nitrogen and oxygen atoms in total. The lowest BCUT2D eigenvalue weighted by Gasteiger charge is -2.13. The van der Waals surface area contributed by atoms with Crippen molar-refractivity contribution in [1.29, 1.82) is 0 Å². The van der Waals surface area contributed by atoms with Gasteiger partial charge in [0.15, 0.2) is 0 Å². The van der Waals surface area contributed by atoms with Crippen LogP contribution < -0.4 is 5.32 Å². The summed E-state index contributed by atoms with van der Waals surface area (Å²) in [7, 11) is -0.607. The predicted octanol–water partition coefficient (Wildman–Crippen LogP) is 1.83. The highest BCUT2D eigenvalue weighted by Crippen LogP contribution is 2.19. The molecule has 9 heteroatoms. The fourth-order valence-corrected chi connectivity index (χ4v) is 3.35. The summed E-state index contributed by atoms with van der Waals surface area (Å²) < 4.78 is 27.0. The first-order chi connectivity index (χ1) is 12.9. The number of sulfonamides is 1. The van der Waals surface area contributed by atoms with E-state index < -0.39 is 10.0 Å². The number of rotatable bonds is 6. The van der Waals surface area contributed by atoms with Crippen molar-refractivity contribution in [3.63, 3.8) is 0 Å². The Morgan fingerprint density at radius 1 is 1.11 bits per heavy atom. The third-order valence-electron chi connectivity index (χ3n) is 3.96. The Morgan fingerprint density at radius 3 is 2.44 bits per heavy atom. The zero-order valence-electron chi connectivity index (χ0n) is 14.9. The van der Waals surface area contributed by atoms with Crippen molar-refractivity contribution in [2.75, 3.05) is 19.4 Å². The maximum absolute atomic E-state index is 12.6. The van der Waals surface area contributed by atoms with E-state index in [-0.39, 0.29) is 10.8 Å². The average molecular weight is 385 g/mol. The molecule has 0 saturated heterocycles. The van der Waals surface area contributed by atoms with Crippen LogP contribution in [0.15, 0.2) is 66.1 Å². The zero-order chi connectivity index (χ0) is 19.4. The zero-order valence-corrected chi connectivity index (χ0v) is 15.7. The van der Waals surface area contributed by atoms with Crippen LogP contribution >= 0.6 is 0 Å². The Morgan fingerprint density at radius 2 is 1.81 bits per heavy atom. The van der Waals surface area contributed by atoms with E-state index in [4.69, 9.17) is 0 Å². The molecule has 27 heavy (non-hydrogen) atoms. The summed E-state index contributed by atoms with van der Waals surface area (Å²) in [6, 6.07) is 13.2. The van der Waals surface area contributed by atoms with Crippen molar-refractivity contribution >= 4 is 21.6 Å². The molecule has 0 radical (unpaired) electrons. The van der Waals surface area contributed by atoms with Crippen LogP contribution in [0, 0.1) is 0 Å². The van der Waals surface area contributed by atoms with Crippen LogP contribution in [0.5, 0.6) is 0 Å². The van der Waals surface area contributed by atoms with Crippen LogP contribution in [0.3, 0.4) is 0 Å². The Balaban J connectivity index is 1.78. The molecule has 1 heterocycles. The molecule has 0 aliphatic rings.